The van der Waals surface area contributed by atoms with E-state index >= 15 is 0 Å². The molecule has 0 spiro atoms. The minimum atomic E-state index is -0.266. The van der Waals surface area contributed by atoms with Crippen LogP contribution in [0.25, 0.3) is 10.9 Å². The van der Waals surface area contributed by atoms with Gasteiger partial charge in [-0.25, -0.2) is 9.37 Å². The van der Waals surface area contributed by atoms with Crippen molar-refractivity contribution in [3.8, 4) is 0 Å². The van der Waals surface area contributed by atoms with E-state index in [-0.39, 0.29) is 11.2 Å². The fourth-order valence-corrected chi connectivity index (χ4v) is 1.75. The number of anilines is 1. The molecule has 0 aliphatic heterocycles. The van der Waals surface area contributed by atoms with Gasteiger partial charge in [-0.3, -0.25) is 0 Å². The number of hydrogen-bond donors (Lipinski definition) is 1. The number of aromatic nitrogens is 1. The first-order chi connectivity index (χ1) is 7.39. The Kier molecular flexibility index (Phi) is 2.34. The number of nitrogens with two attached hydrogens (primary N) is 1. The predicted octanol–water partition coefficient (Wildman–Crippen LogP) is 3.25. The molecule has 0 saturated carbocycles. The van der Waals surface area contributed by atoms with Crippen LogP contribution >= 0.6 is 0 Å². The average Bonchev–Trinajstić information content (AvgIpc) is 2.17. The summed E-state index contributed by atoms with van der Waals surface area (Å²) in [6.45, 7) is 5.93. The summed E-state index contributed by atoms with van der Waals surface area (Å²) in [5, 5.41) is 0.778. The lowest BCUT2D eigenvalue weighted by Gasteiger charge is -2.20. The smallest absolute Gasteiger partial charge is 0.153 e. The molecule has 2 aromatic rings. The highest BCUT2D eigenvalue weighted by atomic mass is 19.1. The van der Waals surface area contributed by atoms with Crippen LogP contribution in [0, 0.1) is 5.82 Å². The van der Waals surface area contributed by atoms with E-state index in [1.165, 1.54) is 0 Å². The van der Waals surface area contributed by atoms with Crippen molar-refractivity contribution in [2.24, 2.45) is 0 Å². The fourth-order valence-electron chi connectivity index (χ4n) is 1.75. The Morgan fingerprint density at radius 1 is 1.12 bits per heavy atom. The van der Waals surface area contributed by atoms with E-state index < -0.39 is 0 Å². The zero-order valence-corrected chi connectivity index (χ0v) is 9.71. The molecular weight excluding hydrogens is 203 g/mol. The number of halogens is 1. The molecule has 1 aromatic heterocycles. The number of nitrogens with zero attached hydrogens (tertiary/aromatic N) is 1. The maximum absolute atomic E-state index is 14.2. The van der Waals surface area contributed by atoms with Crippen LogP contribution in [-0.4, -0.2) is 4.98 Å². The zero-order chi connectivity index (χ0) is 11.9. The van der Waals surface area contributed by atoms with Crippen LogP contribution in [-0.2, 0) is 5.41 Å². The Morgan fingerprint density at radius 3 is 2.38 bits per heavy atom. The number of pyridine rings is 1. The second kappa shape index (κ2) is 3.44. The molecule has 2 rings (SSSR count). The molecular formula is C13H15FN2. The second-order valence-corrected chi connectivity index (χ2v) is 4.98. The highest BCUT2D eigenvalue weighted by Gasteiger charge is 2.20. The lowest BCUT2D eigenvalue weighted by atomic mass is 9.86. The van der Waals surface area contributed by atoms with E-state index in [4.69, 9.17) is 5.73 Å². The van der Waals surface area contributed by atoms with Crippen molar-refractivity contribution in [1.29, 1.82) is 0 Å². The van der Waals surface area contributed by atoms with Gasteiger partial charge < -0.3 is 5.73 Å². The van der Waals surface area contributed by atoms with Gasteiger partial charge in [-0.15, -0.1) is 0 Å². The fraction of sp³-hybridized carbons (Fsp3) is 0.308. The van der Waals surface area contributed by atoms with Crippen molar-refractivity contribution in [3.63, 3.8) is 0 Å². The van der Waals surface area contributed by atoms with Gasteiger partial charge in [0.25, 0.3) is 0 Å². The largest absolute Gasteiger partial charge is 0.384 e. The van der Waals surface area contributed by atoms with Crippen molar-refractivity contribution in [2.75, 3.05) is 5.73 Å². The lowest BCUT2D eigenvalue weighted by Crippen LogP contribution is -2.14. The minimum Gasteiger partial charge on any atom is -0.384 e. The molecule has 1 aromatic carbocycles. The van der Waals surface area contributed by atoms with E-state index in [0.717, 1.165) is 5.39 Å². The van der Waals surface area contributed by atoms with Crippen LogP contribution in [0.15, 0.2) is 24.3 Å². The number of hydrogen-bond acceptors (Lipinski definition) is 2. The van der Waals surface area contributed by atoms with Crippen molar-refractivity contribution in [2.45, 2.75) is 26.2 Å². The number of fused-ring (bicyclic) bond motifs is 1. The SMILES string of the molecule is CC(C)(C)c1ccc2ccc(N)nc2c1F. The molecule has 2 N–H and O–H groups in total. The molecule has 1 heterocycles. The third-order valence-corrected chi connectivity index (χ3v) is 2.63. The van der Waals surface area contributed by atoms with Crippen LogP contribution in [0.3, 0.4) is 0 Å². The number of nitrogen functional groups attached to an aromatic ring is 1. The standard InChI is InChI=1S/C13H15FN2/c1-13(2,3)9-6-4-8-5-7-10(15)16-12(8)11(9)14/h4-7H,1-3H3,(H2,15,16). The highest BCUT2D eigenvalue weighted by Crippen LogP contribution is 2.29. The van der Waals surface area contributed by atoms with Crippen LogP contribution in [0.5, 0.6) is 0 Å². The summed E-state index contributed by atoms with van der Waals surface area (Å²) < 4.78 is 14.2. The van der Waals surface area contributed by atoms with Crippen molar-refractivity contribution < 1.29 is 4.39 Å². The molecule has 0 amide bonds. The van der Waals surface area contributed by atoms with Gasteiger partial charge in [0.15, 0.2) is 5.82 Å². The molecule has 0 saturated heterocycles. The number of benzene rings is 1. The summed E-state index contributed by atoms with van der Waals surface area (Å²) in [7, 11) is 0. The Hall–Kier alpha value is -1.64. The maximum Gasteiger partial charge on any atom is 0.153 e. The molecule has 0 fully saturated rings. The first-order valence-electron chi connectivity index (χ1n) is 5.25. The molecule has 2 nitrogen and oxygen atoms in total. The Morgan fingerprint density at radius 2 is 1.75 bits per heavy atom. The van der Waals surface area contributed by atoms with Crippen LogP contribution in [0.1, 0.15) is 26.3 Å². The predicted molar refractivity (Wildman–Crippen MR) is 64.8 cm³/mol. The van der Waals surface area contributed by atoms with Gasteiger partial charge in [-0.1, -0.05) is 32.9 Å². The summed E-state index contributed by atoms with van der Waals surface area (Å²) in [4.78, 5) is 4.05. The Bertz CT molecular complexity index is 541. The summed E-state index contributed by atoms with van der Waals surface area (Å²) >= 11 is 0. The summed E-state index contributed by atoms with van der Waals surface area (Å²) in [6.07, 6.45) is 0. The molecule has 0 bridgehead atoms. The molecule has 0 aliphatic carbocycles. The second-order valence-electron chi connectivity index (χ2n) is 4.98. The summed E-state index contributed by atoms with van der Waals surface area (Å²) in [5.41, 5.74) is 6.36. The molecule has 16 heavy (non-hydrogen) atoms. The Balaban J connectivity index is 2.78. The third kappa shape index (κ3) is 1.73. The average molecular weight is 218 g/mol. The number of rotatable bonds is 0. The first kappa shape index (κ1) is 10.9. The van der Waals surface area contributed by atoms with Crippen molar-refractivity contribution in [3.05, 3.63) is 35.6 Å². The zero-order valence-electron chi connectivity index (χ0n) is 9.71. The van der Waals surface area contributed by atoms with Crippen molar-refractivity contribution >= 4 is 16.7 Å². The first-order valence-corrected chi connectivity index (χ1v) is 5.25. The molecule has 0 radical (unpaired) electrons. The summed E-state index contributed by atoms with van der Waals surface area (Å²) in [6, 6.07) is 7.16. The van der Waals surface area contributed by atoms with Gasteiger partial charge in [-0.2, -0.15) is 0 Å². The third-order valence-electron chi connectivity index (χ3n) is 2.63. The summed E-state index contributed by atoms with van der Waals surface area (Å²) in [5.74, 6) is 0.0785. The monoisotopic (exact) mass is 218 g/mol. The minimum absolute atomic E-state index is 0.232. The van der Waals surface area contributed by atoms with Gasteiger partial charge in [0.2, 0.25) is 0 Å². The molecule has 3 heteroatoms. The van der Waals surface area contributed by atoms with E-state index in [1.807, 2.05) is 32.9 Å². The van der Waals surface area contributed by atoms with E-state index in [1.54, 1.807) is 12.1 Å². The molecule has 0 aliphatic rings. The van der Waals surface area contributed by atoms with Crippen molar-refractivity contribution in [1.82, 2.24) is 4.98 Å². The van der Waals surface area contributed by atoms with Gasteiger partial charge in [0.05, 0.1) is 0 Å². The van der Waals surface area contributed by atoms with E-state index in [9.17, 15) is 4.39 Å². The topological polar surface area (TPSA) is 38.9 Å². The van der Waals surface area contributed by atoms with Crippen LogP contribution < -0.4 is 5.73 Å². The van der Waals surface area contributed by atoms with Gasteiger partial charge >= 0.3 is 0 Å². The van der Waals surface area contributed by atoms with E-state index in [0.29, 0.717) is 16.9 Å². The molecule has 84 valence electrons. The quantitative estimate of drug-likeness (QED) is 0.737. The normalized spacial score (nSPS) is 12.0. The van der Waals surface area contributed by atoms with Gasteiger partial charge in [0, 0.05) is 5.39 Å². The molecule has 0 unspecified atom stereocenters. The Labute approximate surface area is 94.3 Å². The van der Waals surface area contributed by atoms with E-state index in [2.05, 4.69) is 4.98 Å². The maximum atomic E-state index is 14.2. The van der Waals surface area contributed by atoms with Gasteiger partial charge in [0.1, 0.15) is 11.3 Å². The molecule has 0 atom stereocenters. The highest BCUT2D eigenvalue weighted by molar-refractivity contribution is 5.81. The lowest BCUT2D eigenvalue weighted by molar-refractivity contribution is 0.528. The van der Waals surface area contributed by atoms with Crippen LogP contribution in [0.4, 0.5) is 10.2 Å². The van der Waals surface area contributed by atoms with Crippen LogP contribution in [0.2, 0.25) is 0 Å². The van der Waals surface area contributed by atoms with Gasteiger partial charge in [-0.05, 0) is 23.1 Å².